The van der Waals surface area contributed by atoms with Gasteiger partial charge in [0, 0.05) is 25.8 Å². The van der Waals surface area contributed by atoms with Gasteiger partial charge >= 0.3 is 6.03 Å². The minimum absolute atomic E-state index is 0.184. The molecule has 2 aliphatic rings. The fourth-order valence-electron chi connectivity index (χ4n) is 3.15. The third-order valence-corrected chi connectivity index (χ3v) is 4.31. The molecule has 2 aliphatic heterocycles. The topological polar surface area (TPSA) is 79.3 Å². The second kappa shape index (κ2) is 5.48. The van der Waals surface area contributed by atoms with Crippen LogP contribution in [0, 0.1) is 0 Å². The van der Waals surface area contributed by atoms with Crippen molar-refractivity contribution >= 4 is 11.9 Å². The summed E-state index contributed by atoms with van der Waals surface area (Å²) < 4.78 is 1.91. The Bertz CT molecular complexity index is 555. The van der Waals surface area contributed by atoms with E-state index < -0.39 is 5.54 Å². The number of carbonyl (C=O) groups excluding carboxylic acids is 2. The summed E-state index contributed by atoms with van der Waals surface area (Å²) in [6, 6.07) is -0.369. The van der Waals surface area contributed by atoms with E-state index in [2.05, 4.69) is 33.8 Å². The highest BCUT2D eigenvalue weighted by atomic mass is 16.2. The van der Waals surface area contributed by atoms with Gasteiger partial charge in [0.2, 0.25) is 0 Å². The van der Waals surface area contributed by atoms with Gasteiger partial charge in [-0.25, -0.2) is 4.79 Å². The Morgan fingerprint density at radius 1 is 1.43 bits per heavy atom. The normalized spacial score (nSPS) is 26.1. The first-order valence-electron chi connectivity index (χ1n) is 7.48. The van der Waals surface area contributed by atoms with E-state index in [9.17, 15) is 9.59 Å². The monoisotopic (exact) mass is 291 g/mol. The highest BCUT2D eigenvalue weighted by Gasteiger charge is 2.48. The Morgan fingerprint density at radius 2 is 2.29 bits per heavy atom. The van der Waals surface area contributed by atoms with Crippen molar-refractivity contribution in [2.24, 2.45) is 0 Å². The number of hydrogen-bond acceptors (Lipinski definition) is 4. The first-order valence-corrected chi connectivity index (χ1v) is 7.48. The van der Waals surface area contributed by atoms with Crippen LogP contribution in [0.4, 0.5) is 4.79 Å². The fraction of sp³-hybridized carbons (Fsp3) is 0.643. The Morgan fingerprint density at radius 3 is 2.95 bits per heavy atom. The summed E-state index contributed by atoms with van der Waals surface area (Å²) >= 11 is 0. The smallest absolute Gasteiger partial charge is 0.322 e. The number of hydrogen-bond donors (Lipinski definition) is 2. The van der Waals surface area contributed by atoms with E-state index >= 15 is 0 Å². The molecule has 3 rings (SSSR count). The molecule has 21 heavy (non-hydrogen) atoms. The lowest BCUT2D eigenvalue weighted by atomic mass is 9.89. The highest BCUT2D eigenvalue weighted by molar-refractivity contribution is 6.07. The standard InChI is InChI=1S/C14H21N5O2/c1-2-19-9-11(8-15-19)4-7-18-6-3-5-14(10-18)12(20)16-13(21)17-14/h8-9H,2-7,10H2,1H3,(H2,16,17,20,21). The lowest BCUT2D eigenvalue weighted by Gasteiger charge is -2.37. The number of aromatic nitrogens is 2. The molecule has 7 heteroatoms. The van der Waals surface area contributed by atoms with Crippen molar-refractivity contribution in [2.45, 2.75) is 38.3 Å². The second-order valence-electron chi connectivity index (χ2n) is 5.82. The van der Waals surface area contributed by atoms with Crippen LogP contribution in [0.5, 0.6) is 0 Å². The molecule has 1 aromatic rings. The van der Waals surface area contributed by atoms with Gasteiger partial charge in [-0.3, -0.25) is 14.8 Å². The summed E-state index contributed by atoms with van der Waals surface area (Å²) in [6.45, 7) is 5.37. The Kier molecular flexibility index (Phi) is 3.67. The van der Waals surface area contributed by atoms with Crippen molar-refractivity contribution in [3.63, 3.8) is 0 Å². The van der Waals surface area contributed by atoms with Gasteiger partial charge in [-0.1, -0.05) is 0 Å². The lowest BCUT2D eigenvalue weighted by Crippen LogP contribution is -2.58. The molecule has 0 aromatic carbocycles. The van der Waals surface area contributed by atoms with Crippen LogP contribution in [0.15, 0.2) is 12.4 Å². The average Bonchev–Trinajstić information content (AvgIpc) is 3.02. The van der Waals surface area contributed by atoms with Crippen LogP contribution in [-0.2, 0) is 17.8 Å². The summed E-state index contributed by atoms with van der Waals surface area (Å²) in [5.41, 5.74) is 0.486. The maximum absolute atomic E-state index is 12.0. The summed E-state index contributed by atoms with van der Waals surface area (Å²) in [5, 5.41) is 9.42. The van der Waals surface area contributed by atoms with Crippen molar-refractivity contribution in [1.82, 2.24) is 25.3 Å². The van der Waals surface area contributed by atoms with E-state index in [0.29, 0.717) is 6.54 Å². The number of aryl methyl sites for hydroxylation is 1. The largest absolute Gasteiger partial charge is 0.322 e. The highest BCUT2D eigenvalue weighted by Crippen LogP contribution is 2.24. The van der Waals surface area contributed by atoms with Gasteiger partial charge in [-0.15, -0.1) is 0 Å². The van der Waals surface area contributed by atoms with Crippen molar-refractivity contribution in [1.29, 1.82) is 0 Å². The molecule has 1 spiro atoms. The molecule has 0 aliphatic carbocycles. The maximum atomic E-state index is 12.0. The fourth-order valence-corrected chi connectivity index (χ4v) is 3.15. The van der Waals surface area contributed by atoms with Gasteiger partial charge in [-0.2, -0.15) is 5.10 Å². The number of piperidine rings is 1. The van der Waals surface area contributed by atoms with Gasteiger partial charge in [0.1, 0.15) is 5.54 Å². The summed E-state index contributed by atoms with van der Waals surface area (Å²) in [4.78, 5) is 25.6. The zero-order valence-corrected chi connectivity index (χ0v) is 12.3. The molecule has 3 amide bonds. The predicted molar refractivity (Wildman–Crippen MR) is 76.7 cm³/mol. The minimum atomic E-state index is -0.719. The van der Waals surface area contributed by atoms with Crippen LogP contribution in [0.3, 0.4) is 0 Å². The van der Waals surface area contributed by atoms with E-state index in [0.717, 1.165) is 38.9 Å². The molecule has 1 atom stereocenters. The third kappa shape index (κ3) is 2.78. The molecule has 0 saturated carbocycles. The number of amides is 3. The van der Waals surface area contributed by atoms with E-state index in [-0.39, 0.29) is 11.9 Å². The van der Waals surface area contributed by atoms with Gasteiger partial charge in [0.15, 0.2) is 0 Å². The van der Waals surface area contributed by atoms with Crippen LogP contribution < -0.4 is 10.6 Å². The molecule has 2 fully saturated rings. The predicted octanol–water partition coefficient (Wildman–Crippen LogP) is 0.120. The Labute approximate surface area is 123 Å². The number of rotatable bonds is 4. The van der Waals surface area contributed by atoms with Crippen molar-refractivity contribution in [3.8, 4) is 0 Å². The Balaban J connectivity index is 1.59. The number of nitrogens with zero attached hydrogens (tertiary/aromatic N) is 3. The molecular weight excluding hydrogens is 270 g/mol. The number of carbonyl (C=O) groups is 2. The summed E-state index contributed by atoms with van der Waals surface area (Å²) in [6.07, 6.45) is 6.50. The van der Waals surface area contributed by atoms with Crippen LogP contribution >= 0.6 is 0 Å². The molecule has 2 N–H and O–H groups in total. The molecule has 0 radical (unpaired) electrons. The molecular formula is C14H21N5O2. The van der Waals surface area contributed by atoms with E-state index in [1.165, 1.54) is 5.56 Å². The van der Waals surface area contributed by atoms with Gasteiger partial charge in [0.25, 0.3) is 5.91 Å². The molecule has 0 bridgehead atoms. The quantitative estimate of drug-likeness (QED) is 0.772. The van der Waals surface area contributed by atoms with Crippen molar-refractivity contribution in [3.05, 3.63) is 18.0 Å². The summed E-state index contributed by atoms with van der Waals surface area (Å²) in [7, 11) is 0. The van der Waals surface area contributed by atoms with Crippen LogP contribution in [0.2, 0.25) is 0 Å². The van der Waals surface area contributed by atoms with E-state index in [4.69, 9.17) is 0 Å². The first kappa shape index (κ1) is 14.1. The average molecular weight is 291 g/mol. The molecule has 114 valence electrons. The van der Waals surface area contributed by atoms with E-state index in [1.54, 1.807) is 0 Å². The van der Waals surface area contributed by atoms with Crippen molar-refractivity contribution in [2.75, 3.05) is 19.6 Å². The number of imide groups is 1. The third-order valence-electron chi connectivity index (χ3n) is 4.31. The molecule has 7 nitrogen and oxygen atoms in total. The molecule has 1 unspecified atom stereocenters. The number of nitrogens with one attached hydrogen (secondary N) is 2. The SMILES string of the molecule is CCn1cc(CCN2CCCC3(C2)NC(=O)NC3=O)cn1. The van der Waals surface area contributed by atoms with Crippen molar-refractivity contribution < 1.29 is 9.59 Å². The van der Waals surface area contributed by atoms with Crippen LogP contribution in [0.25, 0.3) is 0 Å². The molecule has 2 saturated heterocycles. The van der Waals surface area contributed by atoms with E-state index in [1.807, 2.05) is 10.9 Å². The van der Waals surface area contributed by atoms with Crippen LogP contribution in [0.1, 0.15) is 25.3 Å². The first-order chi connectivity index (χ1) is 10.1. The molecule has 3 heterocycles. The second-order valence-corrected chi connectivity index (χ2v) is 5.82. The number of likely N-dealkylation sites (tertiary alicyclic amines) is 1. The minimum Gasteiger partial charge on any atom is -0.322 e. The van der Waals surface area contributed by atoms with Gasteiger partial charge in [-0.05, 0) is 38.3 Å². The van der Waals surface area contributed by atoms with Gasteiger partial charge in [0.05, 0.1) is 6.20 Å². The molecule has 1 aromatic heterocycles. The van der Waals surface area contributed by atoms with Crippen LogP contribution in [-0.4, -0.2) is 51.8 Å². The number of urea groups is 1. The van der Waals surface area contributed by atoms with Gasteiger partial charge < -0.3 is 10.2 Å². The zero-order chi connectivity index (χ0) is 14.9. The summed E-state index contributed by atoms with van der Waals surface area (Å²) in [5.74, 6) is -0.184. The lowest BCUT2D eigenvalue weighted by molar-refractivity contribution is -0.125. The zero-order valence-electron chi connectivity index (χ0n) is 12.3. The Hall–Kier alpha value is -1.89. The maximum Gasteiger partial charge on any atom is 0.322 e.